The van der Waals surface area contributed by atoms with Crippen molar-refractivity contribution in [3.63, 3.8) is 0 Å². The van der Waals surface area contributed by atoms with Gasteiger partial charge in [-0.1, -0.05) is 31.3 Å². The molecule has 1 aromatic rings. The molecule has 21 heavy (non-hydrogen) atoms. The van der Waals surface area contributed by atoms with Crippen molar-refractivity contribution < 1.29 is 8.42 Å². The Morgan fingerprint density at radius 1 is 1.38 bits per heavy atom. The Balaban J connectivity index is 2.98. The van der Waals surface area contributed by atoms with Crippen molar-refractivity contribution >= 4 is 39.0 Å². The summed E-state index contributed by atoms with van der Waals surface area (Å²) in [6.07, 6.45) is 3.25. The second-order valence-corrected chi connectivity index (χ2v) is 8.26. The number of rotatable bonds is 8. The number of nitrogens with zero attached hydrogens (tertiary/aromatic N) is 1. The normalized spacial score (nSPS) is 13.3. The molecular formula is C14H22N2O2S3. The molecule has 0 aliphatic carbocycles. The van der Waals surface area contributed by atoms with Crippen LogP contribution in [0.5, 0.6) is 0 Å². The molecule has 7 heteroatoms. The third kappa shape index (κ3) is 4.95. The molecule has 0 aromatic heterocycles. The maximum atomic E-state index is 12.6. The molecule has 0 bridgehead atoms. The molecule has 1 atom stereocenters. The van der Waals surface area contributed by atoms with Crippen molar-refractivity contribution in [3.8, 4) is 0 Å². The molecule has 0 radical (unpaired) electrons. The van der Waals surface area contributed by atoms with E-state index in [1.54, 1.807) is 43.1 Å². The van der Waals surface area contributed by atoms with Crippen molar-refractivity contribution in [2.24, 2.45) is 5.73 Å². The van der Waals surface area contributed by atoms with Crippen LogP contribution in [0.25, 0.3) is 0 Å². The molecule has 1 aromatic carbocycles. The number of benzene rings is 1. The van der Waals surface area contributed by atoms with E-state index in [9.17, 15) is 8.42 Å². The van der Waals surface area contributed by atoms with Gasteiger partial charge in [0.1, 0.15) is 0 Å². The summed E-state index contributed by atoms with van der Waals surface area (Å²) in [4.78, 5) is 0.699. The number of hydrogen-bond acceptors (Lipinski definition) is 4. The van der Waals surface area contributed by atoms with Crippen LogP contribution in [-0.2, 0) is 16.4 Å². The summed E-state index contributed by atoms with van der Waals surface area (Å²) >= 11 is 6.50. The van der Waals surface area contributed by atoms with E-state index in [0.717, 1.165) is 17.7 Å². The molecule has 118 valence electrons. The Morgan fingerprint density at radius 3 is 2.38 bits per heavy atom. The predicted molar refractivity (Wildman–Crippen MR) is 94.3 cm³/mol. The molecule has 4 nitrogen and oxygen atoms in total. The number of hydrogen-bond donors (Lipinski definition) is 1. The molecule has 2 N–H and O–H groups in total. The van der Waals surface area contributed by atoms with Crippen molar-refractivity contribution in [3.05, 3.63) is 29.8 Å². The first-order valence-corrected chi connectivity index (χ1v) is 9.91. The maximum Gasteiger partial charge on any atom is 0.243 e. The quantitative estimate of drug-likeness (QED) is 0.732. The Hall–Kier alpha value is -0.630. The second kappa shape index (κ2) is 8.12. The smallest absolute Gasteiger partial charge is 0.243 e. The van der Waals surface area contributed by atoms with E-state index in [4.69, 9.17) is 18.0 Å². The predicted octanol–water partition coefficient (Wildman–Crippen LogP) is 2.28. The van der Waals surface area contributed by atoms with Gasteiger partial charge in [0.05, 0.1) is 9.88 Å². The van der Waals surface area contributed by atoms with Crippen molar-refractivity contribution in [2.45, 2.75) is 30.7 Å². The van der Waals surface area contributed by atoms with Gasteiger partial charge in [-0.15, -0.1) is 0 Å². The summed E-state index contributed by atoms with van der Waals surface area (Å²) in [5.41, 5.74) is 6.41. The monoisotopic (exact) mass is 346 g/mol. The molecular weight excluding hydrogens is 324 g/mol. The lowest BCUT2D eigenvalue weighted by molar-refractivity contribution is 0.385. The third-order valence-corrected chi connectivity index (χ3v) is 6.11. The van der Waals surface area contributed by atoms with Gasteiger partial charge in [-0.2, -0.15) is 16.1 Å². The topological polar surface area (TPSA) is 63.4 Å². The molecule has 0 saturated carbocycles. The van der Waals surface area contributed by atoms with Crippen molar-refractivity contribution in [2.75, 3.05) is 19.1 Å². The van der Waals surface area contributed by atoms with E-state index in [1.165, 1.54) is 4.31 Å². The fourth-order valence-corrected chi connectivity index (χ4v) is 4.55. The molecule has 0 aliphatic heterocycles. The molecule has 0 amide bonds. The summed E-state index contributed by atoms with van der Waals surface area (Å²) in [6, 6.07) is 6.75. The number of sulfonamides is 1. The van der Waals surface area contributed by atoms with Crippen LogP contribution in [0.3, 0.4) is 0 Å². The van der Waals surface area contributed by atoms with E-state index in [0.29, 0.717) is 16.3 Å². The zero-order valence-electron chi connectivity index (χ0n) is 12.6. The van der Waals surface area contributed by atoms with Crippen molar-refractivity contribution in [1.82, 2.24) is 4.31 Å². The first-order chi connectivity index (χ1) is 9.82. The fraction of sp³-hybridized carbons (Fsp3) is 0.500. The van der Waals surface area contributed by atoms with Gasteiger partial charge < -0.3 is 5.73 Å². The van der Waals surface area contributed by atoms with Crippen LogP contribution in [0.2, 0.25) is 0 Å². The fourth-order valence-electron chi connectivity index (χ4n) is 2.02. The second-order valence-electron chi connectivity index (χ2n) is 4.83. The zero-order valence-corrected chi connectivity index (χ0v) is 15.0. The van der Waals surface area contributed by atoms with Gasteiger partial charge in [0.25, 0.3) is 0 Å². The minimum Gasteiger partial charge on any atom is -0.393 e. The lowest BCUT2D eigenvalue weighted by Gasteiger charge is -2.26. The first-order valence-electron chi connectivity index (χ1n) is 6.67. The molecule has 1 rings (SSSR count). The standard InChI is InChI=1S/C14H22N2O2S3/c1-4-12(10-20-3)16(2)21(17,18)13-7-5-11(6-8-13)9-14(15)19/h5-8,12H,4,9-10H2,1-3H3,(H2,15,19). The van der Waals surface area contributed by atoms with Gasteiger partial charge in [0, 0.05) is 25.3 Å². The van der Waals surface area contributed by atoms with Crippen LogP contribution < -0.4 is 5.73 Å². The first kappa shape index (κ1) is 18.4. The lowest BCUT2D eigenvalue weighted by atomic mass is 10.1. The summed E-state index contributed by atoms with van der Waals surface area (Å²) in [6.45, 7) is 2.00. The summed E-state index contributed by atoms with van der Waals surface area (Å²) in [7, 11) is -1.82. The van der Waals surface area contributed by atoms with Crippen LogP contribution in [0, 0.1) is 0 Å². The highest BCUT2D eigenvalue weighted by Gasteiger charge is 2.26. The van der Waals surface area contributed by atoms with Crippen LogP contribution in [-0.4, -0.2) is 42.8 Å². The van der Waals surface area contributed by atoms with Gasteiger partial charge in [-0.25, -0.2) is 8.42 Å². The van der Waals surface area contributed by atoms with Gasteiger partial charge in [-0.05, 0) is 30.4 Å². The van der Waals surface area contributed by atoms with Gasteiger partial charge in [0.2, 0.25) is 10.0 Å². The largest absolute Gasteiger partial charge is 0.393 e. The summed E-state index contributed by atoms with van der Waals surface area (Å²) < 4.78 is 26.7. The highest BCUT2D eigenvalue weighted by molar-refractivity contribution is 7.98. The van der Waals surface area contributed by atoms with E-state index >= 15 is 0 Å². The molecule has 0 heterocycles. The van der Waals surface area contributed by atoms with Crippen LogP contribution >= 0.6 is 24.0 Å². The van der Waals surface area contributed by atoms with E-state index in [1.807, 2.05) is 13.2 Å². The summed E-state index contributed by atoms with van der Waals surface area (Å²) in [5.74, 6) is 0.783. The van der Waals surface area contributed by atoms with E-state index in [-0.39, 0.29) is 6.04 Å². The Bertz CT molecular complexity index is 570. The van der Waals surface area contributed by atoms with Crippen LogP contribution in [0.1, 0.15) is 18.9 Å². The highest BCUT2D eigenvalue weighted by Crippen LogP contribution is 2.20. The molecule has 0 fully saturated rings. The third-order valence-electron chi connectivity index (χ3n) is 3.32. The van der Waals surface area contributed by atoms with Crippen LogP contribution in [0.4, 0.5) is 0 Å². The molecule has 0 saturated heterocycles. The molecule has 1 unspecified atom stereocenters. The van der Waals surface area contributed by atoms with E-state index in [2.05, 4.69) is 0 Å². The maximum absolute atomic E-state index is 12.6. The Labute approximate surface area is 137 Å². The number of thiocarbonyl (C=S) groups is 1. The lowest BCUT2D eigenvalue weighted by Crippen LogP contribution is -2.38. The molecule has 0 spiro atoms. The van der Waals surface area contributed by atoms with E-state index < -0.39 is 10.0 Å². The number of nitrogens with two attached hydrogens (primary N) is 1. The van der Waals surface area contributed by atoms with Gasteiger partial charge in [0.15, 0.2) is 0 Å². The highest BCUT2D eigenvalue weighted by atomic mass is 32.2. The molecule has 0 aliphatic rings. The minimum absolute atomic E-state index is 0.00120. The number of thioether (sulfide) groups is 1. The minimum atomic E-state index is -3.46. The van der Waals surface area contributed by atoms with Gasteiger partial charge >= 0.3 is 0 Å². The summed E-state index contributed by atoms with van der Waals surface area (Å²) in [5, 5.41) is 0. The zero-order chi connectivity index (χ0) is 16.0. The van der Waals surface area contributed by atoms with Crippen LogP contribution in [0.15, 0.2) is 29.2 Å². The Morgan fingerprint density at radius 2 is 1.95 bits per heavy atom. The van der Waals surface area contributed by atoms with Crippen molar-refractivity contribution in [1.29, 1.82) is 0 Å². The average molecular weight is 347 g/mol. The van der Waals surface area contributed by atoms with Gasteiger partial charge in [-0.3, -0.25) is 0 Å². The Kier molecular flexibility index (Phi) is 7.12. The SMILES string of the molecule is CCC(CSC)N(C)S(=O)(=O)c1ccc(CC(N)=S)cc1. The average Bonchev–Trinajstić information content (AvgIpc) is 2.44.